The van der Waals surface area contributed by atoms with Gasteiger partial charge in [0.1, 0.15) is 0 Å². The van der Waals surface area contributed by atoms with Crippen molar-refractivity contribution in [1.29, 1.82) is 0 Å². The lowest BCUT2D eigenvalue weighted by Gasteiger charge is -2.22. The highest BCUT2D eigenvalue weighted by molar-refractivity contribution is 7.26. The highest BCUT2D eigenvalue weighted by atomic mass is 32.1. The van der Waals surface area contributed by atoms with E-state index in [4.69, 9.17) is 0 Å². The largest absolute Gasteiger partial charge is 0.356 e. The lowest BCUT2D eigenvalue weighted by atomic mass is 9.81. The lowest BCUT2D eigenvalue weighted by Crippen LogP contribution is -2.15. The average molecular weight is 750 g/mol. The van der Waals surface area contributed by atoms with Gasteiger partial charge in [-0.1, -0.05) is 166 Å². The molecule has 2 heteroatoms. The number of allylic oxidation sites excluding steroid dienone is 4. The second-order valence-electron chi connectivity index (χ2n) is 15.8. The molecule has 1 unspecified atom stereocenters. The predicted octanol–water partition coefficient (Wildman–Crippen LogP) is 15.9. The molecular weight excluding hydrogens is 707 g/mol. The Bertz CT molecular complexity index is 2970. The monoisotopic (exact) mass is 749 g/mol. The molecule has 1 heterocycles. The van der Waals surface area contributed by atoms with Crippen LogP contribution in [0.3, 0.4) is 0 Å². The number of benzene rings is 8. The molecule has 0 saturated heterocycles. The van der Waals surface area contributed by atoms with Gasteiger partial charge in [-0.3, -0.25) is 0 Å². The maximum absolute atomic E-state index is 3.54. The predicted molar refractivity (Wildman–Crippen MR) is 247 cm³/mol. The number of nitrogens with one attached hydrogen (secondary N) is 1. The molecule has 0 radical (unpaired) electrons. The van der Waals surface area contributed by atoms with Crippen molar-refractivity contribution in [2.75, 3.05) is 5.32 Å². The number of thiophene rings is 1. The number of hydrogen-bond donors (Lipinski definition) is 1. The topological polar surface area (TPSA) is 12.0 Å². The van der Waals surface area contributed by atoms with Crippen LogP contribution in [0.2, 0.25) is 0 Å². The second-order valence-corrected chi connectivity index (χ2v) is 16.8. The van der Waals surface area contributed by atoms with Crippen LogP contribution in [0.4, 0.5) is 11.4 Å². The smallest absolute Gasteiger partial charge is 0.0387 e. The van der Waals surface area contributed by atoms with E-state index in [1.807, 2.05) is 17.4 Å². The van der Waals surface area contributed by atoms with Crippen molar-refractivity contribution in [3.05, 3.63) is 217 Å². The Morgan fingerprint density at radius 2 is 1.16 bits per heavy atom. The zero-order chi connectivity index (χ0) is 38.3. The van der Waals surface area contributed by atoms with Gasteiger partial charge >= 0.3 is 0 Å². The summed E-state index contributed by atoms with van der Waals surface area (Å²) in [7, 11) is 0. The summed E-state index contributed by atoms with van der Waals surface area (Å²) in [5.41, 5.74) is 14.2. The van der Waals surface area contributed by atoms with Gasteiger partial charge in [0.25, 0.3) is 0 Å². The number of hydrogen-bond acceptors (Lipinski definition) is 2. The molecule has 0 aliphatic heterocycles. The molecule has 0 spiro atoms. The van der Waals surface area contributed by atoms with Crippen molar-refractivity contribution < 1.29 is 0 Å². The van der Waals surface area contributed by atoms with Crippen LogP contribution in [0, 0.1) is 0 Å². The van der Waals surface area contributed by atoms with Gasteiger partial charge in [-0.25, -0.2) is 0 Å². The average Bonchev–Trinajstić information content (AvgIpc) is 3.76. The maximum Gasteiger partial charge on any atom is 0.0387 e. The minimum absolute atomic E-state index is 0.0240. The first-order chi connectivity index (χ1) is 28.0. The van der Waals surface area contributed by atoms with Crippen LogP contribution >= 0.6 is 11.3 Å². The van der Waals surface area contributed by atoms with E-state index < -0.39 is 0 Å². The van der Waals surface area contributed by atoms with Gasteiger partial charge in [0.2, 0.25) is 0 Å². The molecule has 11 rings (SSSR count). The molecule has 0 bridgehead atoms. The number of anilines is 2. The van der Waals surface area contributed by atoms with E-state index in [9.17, 15) is 0 Å². The number of para-hydroxylation sites is 1. The number of rotatable bonds is 5. The maximum atomic E-state index is 3.54. The van der Waals surface area contributed by atoms with E-state index in [-0.39, 0.29) is 5.41 Å². The van der Waals surface area contributed by atoms with Crippen LogP contribution in [0.5, 0.6) is 0 Å². The first-order valence-corrected chi connectivity index (χ1v) is 20.8. The molecule has 9 aromatic rings. The van der Waals surface area contributed by atoms with E-state index in [2.05, 4.69) is 213 Å². The van der Waals surface area contributed by atoms with Gasteiger partial charge in [-0.15, -0.1) is 11.3 Å². The molecule has 1 atom stereocenters. The minimum Gasteiger partial charge on any atom is -0.356 e. The highest BCUT2D eigenvalue weighted by Crippen LogP contribution is 2.50. The standard InChI is InChI=1S/C28H20S.C27H23N/c1-2-6-19(7-3-1)20-10-12-21(13-11-20)23-15-16-26-25(18-23)28-24-9-5-4-8-22(24)14-17-27(28)29-26;1-27(2)25-17-20(19-9-5-3-6-10-19)13-15-23(25)24-16-14-22(18-26(24)27)28-21-11-7-4-8-12-21/h1-6,8-19H,7H2;3-18,28H,1-2H3. The summed E-state index contributed by atoms with van der Waals surface area (Å²) < 4.78 is 2.72. The Kier molecular flexibility index (Phi) is 8.92. The summed E-state index contributed by atoms with van der Waals surface area (Å²) in [6.07, 6.45) is 9.93. The summed E-state index contributed by atoms with van der Waals surface area (Å²) in [5.74, 6) is 0.503. The van der Waals surface area contributed by atoms with Crippen molar-refractivity contribution in [3.8, 4) is 33.4 Å². The molecule has 1 N–H and O–H groups in total. The summed E-state index contributed by atoms with van der Waals surface area (Å²) in [6, 6.07) is 63.9. The van der Waals surface area contributed by atoms with Crippen molar-refractivity contribution in [2.24, 2.45) is 0 Å². The summed E-state index contributed by atoms with van der Waals surface area (Å²) in [6.45, 7) is 4.66. The molecule has 274 valence electrons. The molecule has 0 fully saturated rings. The minimum atomic E-state index is -0.0240. The molecule has 8 aromatic carbocycles. The molecular formula is C55H43NS. The van der Waals surface area contributed by atoms with Gasteiger partial charge < -0.3 is 5.32 Å². The van der Waals surface area contributed by atoms with Crippen molar-refractivity contribution in [3.63, 3.8) is 0 Å². The molecule has 0 saturated carbocycles. The summed E-state index contributed by atoms with van der Waals surface area (Å²) in [5, 5.41) is 8.95. The number of fused-ring (bicyclic) bond motifs is 8. The molecule has 1 aromatic heterocycles. The first-order valence-electron chi connectivity index (χ1n) is 19.9. The third kappa shape index (κ3) is 6.56. The fourth-order valence-corrected chi connectivity index (χ4v) is 9.89. The van der Waals surface area contributed by atoms with Crippen LogP contribution in [0.15, 0.2) is 200 Å². The van der Waals surface area contributed by atoms with Gasteiger partial charge in [-0.05, 0) is 116 Å². The Morgan fingerprint density at radius 3 is 1.95 bits per heavy atom. The zero-order valence-corrected chi connectivity index (χ0v) is 33.1. The Hall–Kier alpha value is -6.48. The van der Waals surface area contributed by atoms with E-state index in [1.165, 1.54) is 81.0 Å². The Labute approximate surface area is 339 Å². The van der Waals surface area contributed by atoms with Crippen LogP contribution in [0.1, 0.15) is 42.9 Å². The van der Waals surface area contributed by atoms with E-state index in [1.54, 1.807) is 0 Å². The van der Waals surface area contributed by atoms with Gasteiger partial charge in [0.15, 0.2) is 0 Å². The molecule has 57 heavy (non-hydrogen) atoms. The van der Waals surface area contributed by atoms with Crippen LogP contribution in [-0.4, -0.2) is 0 Å². The normalized spacial score (nSPS) is 14.9. The summed E-state index contributed by atoms with van der Waals surface area (Å²) in [4.78, 5) is 0. The quantitative estimate of drug-likeness (QED) is 0.185. The zero-order valence-electron chi connectivity index (χ0n) is 32.2. The first kappa shape index (κ1) is 35.0. The van der Waals surface area contributed by atoms with Gasteiger partial charge in [0, 0.05) is 42.9 Å². The third-order valence-electron chi connectivity index (χ3n) is 11.9. The van der Waals surface area contributed by atoms with E-state index in [0.29, 0.717) is 5.92 Å². The van der Waals surface area contributed by atoms with Gasteiger partial charge in [0.05, 0.1) is 0 Å². The van der Waals surface area contributed by atoms with Gasteiger partial charge in [-0.2, -0.15) is 0 Å². The SMILES string of the molecule is C1=CCC(c2ccc(-c3ccc4sc5ccc6ccccc6c5c4c3)cc2)C=C1.CC1(C)c2cc(Nc3ccccc3)ccc2-c2ccc(-c3ccccc3)cc21. The fraction of sp³-hybridized carbons (Fsp3) is 0.0909. The molecule has 1 nitrogen and oxygen atoms in total. The fourth-order valence-electron chi connectivity index (χ4n) is 8.79. The van der Waals surface area contributed by atoms with Crippen molar-refractivity contribution >= 4 is 53.7 Å². The van der Waals surface area contributed by atoms with Crippen LogP contribution in [0.25, 0.3) is 64.3 Å². The van der Waals surface area contributed by atoms with E-state index in [0.717, 1.165) is 17.8 Å². The molecule has 0 amide bonds. The van der Waals surface area contributed by atoms with Crippen molar-refractivity contribution in [1.82, 2.24) is 0 Å². The summed E-state index contributed by atoms with van der Waals surface area (Å²) >= 11 is 1.89. The second kappa shape index (κ2) is 14.5. The van der Waals surface area contributed by atoms with Crippen molar-refractivity contribution in [2.45, 2.75) is 31.6 Å². The molecule has 2 aliphatic rings. The van der Waals surface area contributed by atoms with E-state index >= 15 is 0 Å². The molecule has 2 aliphatic carbocycles. The Balaban J connectivity index is 0.000000139. The van der Waals surface area contributed by atoms with Crippen LogP contribution < -0.4 is 5.32 Å². The lowest BCUT2D eigenvalue weighted by molar-refractivity contribution is 0.661. The Morgan fingerprint density at radius 1 is 0.509 bits per heavy atom. The van der Waals surface area contributed by atoms with Crippen LogP contribution in [-0.2, 0) is 5.41 Å². The third-order valence-corrected chi connectivity index (χ3v) is 13.0. The highest BCUT2D eigenvalue weighted by Gasteiger charge is 2.35.